The lowest BCUT2D eigenvalue weighted by Crippen LogP contribution is -2.30. The third kappa shape index (κ3) is 6.66. The summed E-state index contributed by atoms with van der Waals surface area (Å²) in [5.74, 6) is -0.00926. The number of carboxylic acids is 1. The minimum atomic E-state index is -0.800. The van der Waals surface area contributed by atoms with Gasteiger partial charge >= 0.3 is 5.97 Å². The molecule has 0 amide bonds. The summed E-state index contributed by atoms with van der Waals surface area (Å²) in [4.78, 5) is 12.2. The average Bonchev–Trinajstić information content (AvgIpc) is 2.82. The summed E-state index contributed by atoms with van der Waals surface area (Å²) in [6.45, 7) is 6.75. The van der Waals surface area contributed by atoms with E-state index in [0.29, 0.717) is 18.8 Å². The molecule has 0 bridgehead atoms. The smallest absolute Gasteiger partial charge is 0.311 e. The molecule has 4 rings (SSSR count). The molecule has 4 nitrogen and oxygen atoms in total. The second-order valence-electron chi connectivity index (χ2n) is 10.5. The number of carbonyl (C=O) groups is 1. The summed E-state index contributed by atoms with van der Waals surface area (Å²) >= 11 is 0. The third-order valence-corrected chi connectivity index (χ3v) is 6.77. The SMILES string of the molecule is CC(CCCc1ccccc1)Oc1cc2c(c(OCc3ccccc3)c1)C(C(=O)O)CC(C)(C)C2. The Morgan fingerprint density at radius 3 is 2.34 bits per heavy atom. The van der Waals surface area contributed by atoms with Crippen molar-refractivity contribution in [2.45, 2.75) is 71.5 Å². The van der Waals surface area contributed by atoms with E-state index >= 15 is 0 Å². The van der Waals surface area contributed by atoms with Gasteiger partial charge in [-0.1, -0.05) is 74.5 Å². The number of carboxylic acid groups (broad SMARTS) is 1. The van der Waals surface area contributed by atoms with Gasteiger partial charge < -0.3 is 14.6 Å². The first kappa shape index (κ1) is 24.8. The number of benzene rings is 3. The molecule has 0 heterocycles. The Hall–Kier alpha value is -3.27. The number of aryl methyl sites for hydroxylation is 1. The molecule has 0 saturated heterocycles. The van der Waals surface area contributed by atoms with Crippen molar-refractivity contribution in [1.29, 1.82) is 0 Å². The lowest BCUT2D eigenvalue weighted by molar-refractivity contribution is -0.140. The predicted octanol–water partition coefficient (Wildman–Crippen LogP) is 7.20. The van der Waals surface area contributed by atoms with E-state index in [9.17, 15) is 9.90 Å². The van der Waals surface area contributed by atoms with Gasteiger partial charge in [0, 0.05) is 11.6 Å². The van der Waals surface area contributed by atoms with Crippen LogP contribution in [0.2, 0.25) is 0 Å². The molecule has 4 heteroatoms. The number of fused-ring (bicyclic) bond motifs is 1. The van der Waals surface area contributed by atoms with E-state index < -0.39 is 11.9 Å². The first-order valence-electron chi connectivity index (χ1n) is 12.6. The average molecular weight is 473 g/mol. The van der Waals surface area contributed by atoms with E-state index in [1.807, 2.05) is 48.5 Å². The Morgan fingerprint density at radius 1 is 1.03 bits per heavy atom. The van der Waals surface area contributed by atoms with Crippen molar-refractivity contribution < 1.29 is 19.4 Å². The van der Waals surface area contributed by atoms with Gasteiger partial charge in [-0.15, -0.1) is 0 Å². The minimum absolute atomic E-state index is 0.0469. The fraction of sp³-hybridized carbons (Fsp3) is 0.387. The zero-order valence-corrected chi connectivity index (χ0v) is 21.0. The summed E-state index contributed by atoms with van der Waals surface area (Å²) in [7, 11) is 0. The van der Waals surface area contributed by atoms with Crippen LogP contribution in [0.15, 0.2) is 72.8 Å². The van der Waals surface area contributed by atoms with Crippen LogP contribution in [0.1, 0.15) is 68.2 Å². The molecule has 0 fully saturated rings. The molecule has 1 aliphatic rings. The molecule has 1 aliphatic carbocycles. The summed E-state index contributed by atoms with van der Waals surface area (Å²) in [5, 5.41) is 10.0. The van der Waals surface area contributed by atoms with Gasteiger partial charge in [-0.05, 0) is 67.2 Å². The number of aliphatic carboxylic acids is 1. The van der Waals surface area contributed by atoms with Gasteiger partial charge in [0.2, 0.25) is 0 Å². The summed E-state index contributed by atoms with van der Waals surface area (Å²) < 4.78 is 12.6. The van der Waals surface area contributed by atoms with Crippen LogP contribution < -0.4 is 9.47 Å². The fourth-order valence-corrected chi connectivity index (χ4v) is 5.10. The van der Waals surface area contributed by atoms with Gasteiger partial charge in [0.15, 0.2) is 0 Å². The largest absolute Gasteiger partial charge is 0.491 e. The van der Waals surface area contributed by atoms with Crippen molar-refractivity contribution in [2.75, 3.05) is 0 Å². The standard InChI is InChI=1S/C31H36O4/c1-22(11-10-16-23-12-6-4-7-13-23)35-26-17-25-19-31(2,3)20-27(30(32)33)29(25)28(18-26)34-21-24-14-8-5-9-15-24/h4-9,12-15,17-18,22,27H,10-11,16,19-21H2,1-3H3,(H,32,33). The van der Waals surface area contributed by atoms with Crippen LogP contribution in [0.25, 0.3) is 0 Å². The summed E-state index contributed by atoms with van der Waals surface area (Å²) in [5.41, 5.74) is 4.10. The Kier molecular flexibility index (Phi) is 7.80. The van der Waals surface area contributed by atoms with Gasteiger partial charge in [-0.2, -0.15) is 0 Å². The summed E-state index contributed by atoms with van der Waals surface area (Å²) in [6.07, 6.45) is 4.45. The van der Waals surface area contributed by atoms with Gasteiger partial charge in [0.1, 0.15) is 18.1 Å². The van der Waals surface area contributed by atoms with Crippen molar-refractivity contribution in [3.63, 3.8) is 0 Å². The molecule has 0 radical (unpaired) electrons. The Morgan fingerprint density at radius 2 is 1.69 bits per heavy atom. The molecule has 0 aromatic heterocycles. The van der Waals surface area contributed by atoms with Crippen molar-refractivity contribution >= 4 is 5.97 Å². The van der Waals surface area contributed by atoms with Crippen LogP contribution in [0, 0.1) is 5.41 Å². The van der Waals surface area contributed by atoms with Crippen molar-refractivity contribution in [2.24, 2.45) is 5.41 Å². The number of hydrogen-bond donors (Lipinski definition) is 1. The lowest BCUT2D eigenvalue weighted by Gasteiger charge is -2.36. The van der Waals surface area contributed by atoms with E-state index in [2.05, 4.69) is 45.0 Å². The van der Waals surface area contributed by atoms with Crippen LogP contribution in [0.3, 0.4) is 0 Å². The highest BCUT2D eigenvalue weighted by molar-refractivity contribution is 5.79. The monoisotopic (exact) mass is 472 g/mol. The van der Waals surface area contributed by atoms with E-state index in [1.54, 1.807) is 0 Å². The molecule has 35 heavy (non-hydrogen) atoms. The van der Waals surface area contributed by atoms with Gasteiger partial charge in [0.25, 0.3) is 0 Å². The predicted molar refractivity (Wildman–Crippen MR) is 139 cm³/mol. The third-order valence-electron chi connectivity index (χ3n) is 6.77. The van der Waals surface area contributed by atoms with Crippen molar-refractivity contribution in [3.8, 4) is 11.5 Å². The highest BCUT2D eigenvalue weighted by atomic mass is 16.5. The second kappa shape index (κ2) is 11.0. The first-order chi connectivity index (χ1) is 16.8. The molecular weight excluding hydrogens is 436 g/mol. The van der Waals surface area contributed by atoms with Gasteiger partial charge in [-0.3, -0.25) is 4.79 Å². The fourth-order valence-electron chi connectivity index (χ4n) is 5.10. The lowest BCUT2D eigenvalue weighted by atomic mass is 9.69. The van der Waals surface area contributed by atoms with Crippen LogP contribution in [-0.2, 0) is 24.2 Å². The minimum Gasteiger partial charge on any atom is -0.491 e. The normalized spacial score (nSPS) is 17.3. The zero-order valence-electron chi connectivity index (χ0n) is 21.0. The molecule has 2 unspecified atom stereocenters. The van der Waals surface area contributed by atoms with Crippen LogP contribution >= 0.6 is 0 Å². The molecule has 0 spiro atoms. The Labute approximate surface area is 208 Å². The van der Waals surface area contributed by atoms with Crippen LogP contribution in [-0.4, -0.2) is 17.2 Å². The van der Waals surface area contributed by atoms with E-state index in [-0.39, 0.29) is 11.5 Å². The molecule has 184 valence electrons. The molecular formula is C31H36O4. The number of hydrogen-bond acceptors (Lipinski definition) is 3. The molecule has 3 aromatic carbocycles. The summed E-state index contributed by atoms with van der Waals surface area (Å²) in [6, 6.07) is 24.4. The number of rotatable bonds is 10. The Bertz CT molecular complexity index is 1120. The van der Waals surface area contributed by atoms with E-state index in [4.69, 9.17) is 9.47 Å². The maximum atomic E-state index is 12.2. The topological polar surface area (TPSA) is 55.8 Å². The van der Waals surface area contributed by atoms with E-state index in [1.165, 1.54) is 5.56 Å². The molecule has 1 N–H and O–H groups in total. The van der Waals surface area contributed by atoms with Crippen LogP contribution in [0.4, 0.5) is 0 Å². The quantitative estimate of drug-likeness (QED) is 0.339. The molecule has 2 atom stereocenters. The molecule has 0 aliphatic heterocycles. The maximum absolute atomic E-state index is 12.2. The van der Waals surface area contributed by atoms with Gasteiger partial charge in [0.05, 0.1) is 12.0 Å². The molecule has 3 aromatic rings. The van der Waals surface area contributed by atoms with Gasteiger partial charge in [-0.25, -0.2) is 0 Å². The van der Waals surface area contributed by atoms with E-state index in [0.717, 1.165) is 48.1 Å². The first-order valence-corrected chi connectivity index (χ1v) is 12.6. The van der Waals surface area contributed by atoms with Crippen molar-refractivity contribution in [3.05, 3.63) is 95.1 Å². The second-order valence-corrected chi connectivity index (χ2v) is 10.5. The highest BCUT2D eigenvalue weighted by Gasteiger charge is 2.38. The maximum Gasteiger partial charge on any atom is 0.311 e. The zero-order chi connectivity index (χ0) is 24.8. The van der Waals surface area contributed by atoms with Crippen molar-refractivity contribution in [1.82, 2.24) is 0 Å². The Balaban J connectivity index is 1.54. The number of ether oxygens (including phenoxy) is 2. The highest BCUT2D eigenvalue weighted by Crippen LogP contribution is 2.47. The van der Waals surface area contributed by atoms with Crippen LogP contribution in [0.5, 0.6) is 11.5 Å². The molecule has 0 saturated carbocycles.